The van der Waals surface area contributed by atoms with Gasteiger partial charge in [-0.15, -0.1) is 10.2 Å². The molecule has 0 saturated carbocycles. The number of ether oxygens (including phenoxy) is 1. The minimum atomic E-state index is -0.722. The lowest BCUT2D eigenvalue weighted by Crippen LogP contribution is -2.31. The van der Waals surface area contributed by atoms with Gasteiger partial charge in [0.25, 0.3) is 0 Å². The van der Waals surface area contributed by atoms with Crippen molar-refractivity contribution in [1.29, 1.82) is 0 Å². The lowest BCUT2D eigenvalue weighted by atomic mass is 10.0. The van der Waals surface area contributed by atoms with Crippen LogP contribution in [0.5, 0.6) is 0 Å². The Morgan fingerprint density at radius 2 is 1.63 bits per heavy atom. The van der Waals surface area contributed by atoms with Crippen LogP contribution in [0.15, 0.2) is 96.2 Å². The predicted molar refractivity (Wildman–Crippen MR) is 172 cm³/mol. The summed E-state index contributed by atoms with van der Waals surface area (Å²) in [7, 11) is 0. The second kappa shape index (κ2) is 11.0. The number of Topliss-reactive ketones (excluding diaryl/α,β-unsaturated/α-hetero) is 1. The second-order valence-electron chi connectivity index (χ2n) is 11.1. The number of para-hydroxylation sites is 1. The fraction of sp³-hybridized carbons (Fsp3) is 0.114. The van der Waals surface area contributed by atoms with E-state index in [1.54, 1.807) is 6.07 Å². The van der Waals surface area contributed by atoms with Crippen LogP contribution in [0.25, 0.3) is 33.2 Å². The van der Waals surface area contributed by atoms with Gasteiger partial charge < -0.3 is 9.72 Å². The van der Waals surface area contributed by atoms with E-state index >= 15 is 0 Å². The maximum Gasteiger partial charge on any atom is 0.338 e. The van der Waals surface area contributed by atoms with E-state index in [4.69, 9.17) is 4.74 Å². The van der Waals surface area contributed by atoms with Gasteiger partial charge in [-0.25, -0.2) is 14.7 Å². The van der Waals surface area contributed by atoms with E-state index in [-0.39, 0.29) is 28.8 Å². The first kappa shape index (κ1) is 27.8. The molecule has 10 nitrogen and oxygen atoms in total. The number of amides is 2. The number of carbonyl (C=O) groups excluding carboxylic acids is 4. The summed E-state index contributed by atoms with van der Waals surface area (Å²) in [4.78, 5) is 60.5. The maximum atomic E-state index is 13.3. The fourth-order valence-corrected chi connectivity index (χ4v) is 6.93. The van der Waals surface area contributed by atoms with Gasteiger partial charge in [0.1, 0.15) is 10.8 Å². The molecule has 0 bridgehead atoms. The van der Waals surface area contributed by atoms with Crippen molar-refractivity contribution in [2.75, 3.05) is 11.5 Å². The molecule has 4 aromatic carbocycles. The minimum Gasteiger partial charge on any atom is -0.454 e. The molecule has 1 fully saturated rings. The third-order valence-electron chi connectivity index (χ3n) is 8.27. The van der Waals surface area contributed by atoms with Crippen LogP contribution < -0.4 is 4.90 Å². The molecule has 0 spiro atoms. The highest BCUT2D eigenvalue weighted by atomic mass is 32.2. The highest BCUT2D eigenvalue weighted by molar-refractivity contribution is 8.00. The number of hydrogen-bond acceptors (Lipinski definition) is 9. The van der Waals surface area contributed by atoms with E-state index in [2.05, 4.69) is 32.3 Å². The molecule has 1 aliphatic heterocycles. The summed E-state index contributed by atoms with van der Waals surface area (Å²) < 4.78 is 5.30. The quantitative estimate of drug-likeness (QED) is 0.138. The zero-order valence-electron chi connectivity index (χ0n) is 24.1. The first-order valence-electron chi connectivity index (χ1n) is 14.6. The molecule has 1 N–H and O–H groups in total. The Morgan fingerprint density at radius 1 is 0.870 bits per heavy atom. The molecule has 8 rings (SSSR count). The molecule has 46 heavy (non-hydrogen) atoms. The van der Waals surface area contributed by atoms with Crippen LogP contribution in [-0.4, -0.2) is 55.6 Å². The number of H-pyrrole nitrogens is 1. The van der Waals surface area contributed by atoms with Crippen LogP contribution in [0.2, 0.25) is 0 Å². The molecule has 2 aromatic heterocycles. The van der Waals surface area contributed by atoms with Crippen molar-refractivity contribution in [3.63, 3.8) is 0 Å². The van der Waals surface area contributed by atoms with Gasteiger partial charge in [0.2, 0.25) is 17.0 Å². The number of nitrogens with zero attached hydrogens (tertiary/aromatic N) is 4. The van der Waals surface area contributed by atoms with Crippen molar-refractivity contribution in [1.82, 2.24) is 20.2 Å². The Bertz CT molecular complexity index is 2250. The predicted octanol–water partition coefficient (Wildman–Crippen LogP) is 5.54. The van der Waals surface area contributed by atoms with Crippen molar-refractivity contribution in [3.05, 3.63) is 113 Å². The Kier molecular flexibility index (Phi) is 6.68. The van der Waals surface area contributed by atoms with Gasteiger partial charge in [-0.2, -0.15) is 0 Å². The van der Waals surface area contributed by atoms with E-state index in [0.29, 0.717) is 22.4 Å². The lowest BCUT2D eigenvalue weighted by molar-refractivity contribution is -0.121. The zero-order chi connectivity index (χ0) is 31.4. The highest BCUT2D eigenvalue weighted by Crippen LogP contribution is 2.37. The number of ketones is 1. The molecule has 224 valence electrons. The summed E-state index contributed by atoms with van der Waals surface area (Å²) in [6, 6.07) is 27.3. The van der Waals surface area contributed by atoms with Gasteiger partial charge in [-0.1, -0.05) is 66.4 Å². The molecule has 3 heterocycles. The van der Waals surface area contributed by atoms with Crippen molar-refractivity contribution >= 4 is 63.1 Å². The standard InChI is InChI=1S/C35H23N5O5S/c41-28(21-11-14-25-22(16-21)15-20-5-1-2-6-24(20)25)18-45-34(44)19-9-12-23(13-10-19)40-30(42)17-29(33(40)43)46-35-37-32-31(38-39-35)26-7-3-4-8-27(26)36-32/h1-14,16,29H,15,17-18H2,(H,36,37,39). The van der Waals surface area contributed by atoms with Crippen LogP contribution in [0, 0.1) is 0 Å². The molecule has 1 atom stereocenters. The first-order valence-corrected chi connectivity index (χ1v) is 15.5. The number of fused-ring (bicyclic) bond motifs is 6. The second-order valence-corrected chi connectivity index (χ2v) is 12.3. The number of hydrogen-bond donors (Lipinski definition) is 1. The van der Waals surface area contributed by atoms with E-state index in [1.165, 1.54) is 35.4 Å². The summed E-state index contributed by atoms with van der Waals surface area (Å²) >= 11 is 1.08. The Morgan fingerprint density at radius 3 is 2.50 bits per heavy atom. The number of nitrogens with one attached hydrogen (secondary N) is 1. The summed E-state index contributed by atoms with van der Waals surface area (Å²) in [5, 5.41) is 8.92. The average molecular weight is 626 g/mol. The van der Waals surface area contributed by atoms with Crippen molar-refractivity contribution in [2.45, 2.75) is 23.2 Å². The molecule has 1 unspecified atom stereocenters. The molecular formula is C35H23N5O5S. The number of anilines is 1. The zero-order valence-corrected chi connectivity index (χ0v) is 24.9. The number of rotatable bonds is 7. The maximum absolute atomic E-state index is 13.3. The van der Waals surface area contributed by atoms with Crippen molar-refractivity contribution in [3.8, 4) is 11.1 Å². The summed E-state index contributed by atoms with van der Waals surface area (Å²) in [6.07, 6.45) is 0.726. The molecule has 0 radical (unpaired) electrons. The van der Waals surface area contributed by atoms with Crippen LogP contribution in [0.3, 0.4) is 0 Å². The van der Waals surface area contributed by atoms with Gasteiger partial charge in [-0.3, -0.25) is 14.4 Å². The SMILES string of the molecule is O=C(COC(=O)c1ccc(N2C(=O)CC(Sc3nnc4c(n3)[nH]c3ccccc34)C2=O)cc1)c1ccc2c(c1)Cc1ccccc1-2. The largest absolute Gasteiger partial charge is 0.454 e. The molecule has 11 heteroatoms. The van der Waals surface area contributed by atoms with Gasteiger partial charge in [0.05, 0.1) is 11.3 Å². The minimum absolute atomic E-state index is 0.0295. The van der Waals surface area contributed by atoms with Gasteiger partial charge >= 0.3 is 5.97 Å². The third kappa shape index (κ3) is 4.81. The first-order chi connectivity index (χ1) is 22.4. The van der Waals surface area contributed by atoms with E-state index < -0.39 is 23.7 Å². The number of esters is 1. The van der Waals surface area contributed by atoms with Crippen LogP contribution in [-0.2, 0) is 20.7 Å². The molecule has 6 aromatic rings. The number of benzene rings is 4. The number of thioether (sulfide) groups is 1. The number of aromatic amines is 1. The van der Waals surface area contributed by atoms with E-state index in [0.717, 1.165) is 45.1 Å². The van der Waals surface area contributed by atoms with Crippen LogP contribution in [0.4, 0.5) is 5.69 Å². The topological polar surface area (TPSA) is 135 Å². The molecular weight excluding hydrogens is 602 g/mol. The number of imide groups is 1. The fourth-order valence-electron chi connectivity index (χ4n) is 6.01. The Balaban J connectivity index is 0.903. The van der Waals surface area contributed by atoms with Crippen molar-refractivity contribution in [2.24, 2.45) is 0 Å². The summed E-state index contributed by atoms with van der Waals surface area (Å²) in [5.41, 5.74) is 7.64. The van der Waals surface area contributed by atoms with Crippen molar-refractivity contribution < 1.29 is 23.9 Å². The molecule has 1 saturated heterocycles. The Hall–Kier alpha value is -5.68. The normalized spacial score (nSPS) is 15.4. The highest BCUT2D eigenvalue weighted by Gasteiger charge is 2.41. The molecule has 2 aliphatic rings. The van der Waals surface area contributed by atoms with Crippen LogP contribution >= 0.6 is 11.8 Å². The van der Waals surface area contributed by atoms with Crippen LogP contribution in [0.1, 0.15) is 38.3 Å². The smallest absolute Gasteiger partial charge is 0.338 e. The average Bonchev–Trinajstić information content (AvgIpc) is 3.73. The van der Waals surface area contributed by atoms with E-state index in [9.17, 15) is 19.2 Å². The monoisotopic (exact) mass is 625 g/mol. The van der Waals surface area contributed by atoms with Gasteiger partial charge in [0.15, 0.2) is 18.0 Å². The van der Waals surface area contributed by atoms with Gasteiger partial charge in [0, 0.05) is 22.9 Å². The third-order valence-corrected chi connectivity index (χ3v) is 9.30. The Labute approximate surface area is 265 Å². The van der Waals surface area contributed by atoms with Gasteiger partial charge in [-0.05, 0) is 65.1 Å². The number of aromatic nitrogens is 4. The lowest BCUT2D eigenvalue weighted by Gasteiger charge is -2.15. The van der Waals surface area contributed by atoms with E-state index in [1.807, 2.05) is 48.5 Å². The number of carbonyl (C=O) groups is 4. The molecule has 1 aliphatic carbocycles. The molecule has 2 amide bonds. The summed E-state index contributed by atoms with van der Waals surface area (Å²) in [6.45, 7) is -0.407. The summed E-state index contributed by atoms with van der Waals surface area (Å²) in [5.74, 6) is -1.77.